The smallest absolute Gasteiger partial charge is 0.340 e. The van der Waals surface area contributed by atoms with Gasteiger partial charge in [-0.25, -0.2) is 13.2 Å². The van der Waals surface area contributed by atoms with Crippen molar-refractivity contribution in [1.29, 1.82) is 0 Å². The molecule has 1 aromatic heterocycles. The Morgan fingerprint density at radius 3 is 2.28 bits per heavy atom. The van der Waals surface area contributed by atoms with Crippen molar-refractivity contribution in [3.8, 4) is 0 Å². The zero-order valence-corrected chi connectivity index (χ0v) is 17.5. The number of ether oxygens (including phenoxy) is 1. The summed E-state index contributed by atoms with van der Waals surface area (Å²) in [7, 11) is -2.45. The summed E-state index contributed by atoms with van der Waals surface area (Å²) in [4.78, 5) is 25.2. The Balaban J connectivity index is 2.07. The maximum atomic E-state index is 13.1. The second-order valence-electron chi connectivity index (χ2n) is 6.93. The quantitative estimate of drug-likeness (QED) is 0.599. The lowest BCUT2D eigenvalue weighted by Crippen LogP contribution is -2.37. The molecule has 0 unspecified atom stereocenters. The van der Waals surface area contributed by atoms with Crippen molar-refractivity contribution in [2.75, 3.05) is 24.2 Å². The summed E-state index contributed by atoms with van der Waals surface area (Å²) in [5.74, 6) is -1.05. The molecule has 152 valence electrons. The fourth-order valence-corrected chi connectivity index (χ4v) is 4.19. The topological polar surface area (TPSA) is 85.7 Å². The van der Waals surface area contributed by atoms with Crippen molar-refractivity contribution in [3.63, 3.8) is 0 Å². The third-order valence-electron chi connectivity index (χ3n) is 4.56. The first-order chi connectivity index (χ1) is 13.6. The van der Waals surface area contributed by atoms with Crippen LogP contribution in [0.1, 0.15) is 26.3 Å². The summed E-state index contributed by atoms with van der Waals surface area (Å²) in [6.07, 6.45) is 2.45. The first-order valence-electron chi connectivity index (χ1n) is 8.89. The van der Waals surface area contributed by atoms with Gasteiger partial charge in [0.2, 0.25) is 10.0 Å². The molecule has 0 N–H and O–H groups in total. The lowest BCUT2D eigenvalue weighted by molar-refractivity contribution is 0.0603. The minimum absolute atomic E-state index is 0.244. The van der Waals surface area contributed by atoms with Crippen LogP contribution in [-0.4, -0.2) is 44.8 Å². The Bertz CT molecular complexity index is 1190. The Kier molecular flexibility index (Phi) is 5.48. The van der Waals surface area contributed by atoms with Gasteiger partial charge in [-0.3, -0.25) is 13.7 Å². The normalized spacial score (nSPS) is 11.4. The number of nitrogens with zero attached hydrogens (tertiary/aromatic N) is 2. The Morgan fingerprint density at radius 2 is 1.69 bits per heavy atom. The van der Waals surface area contributed by atoms with Crippen LogP contribution in [0.3, 0.4) is 0 Å². The number of anilines is 1. The molecular weight excluding hydrogens is 392 g/mol. The fraction of sp³-hybridized carbons (Fsp3) is 0.238. The van der Waals surface area contributed by atoms with Crippen LogP contribution in [-0.2, 0) is 14.8 Å². The van der Waals surface area contributed by atoms with Gasteiger partial charge in [0.25, 0.3) is 5.91 Å². The van der Waals surface area contributed by atoms with E-state index in [9.17, 15) is 18.0 Å². The number of carbonyl (C=O) groups is 2. The first kappa shape index (κ1) is 20.6. The Morgan fingerprint density at radius 1 is 1.07 bits per heavy atom. The molecule has 1 heterocycles. The Hall–Kier alpha value is -3.13. The highest BCUT2D eigenvalue weighted by atomic mass is 32.2. The zero-order chi connectivity index (χ0) is 21.3. The highest BCUT2D eigenvalue weighted by molar-refractivity contribution is 7.92. The van der Waals surface area contributed by atoms with Crippen LogP contribution < -0.4 is 4.31 Å². The number of sulfonamides is 1. The van der Waals surface area contributed by atoms with Crippen LogP contribution in [0.5, 0.6) is 0 Å². The van der Waals surface area contributed by atoms with Crippen molar-refractivity contribution < 1.29 is 22.7 Å². The van der Waals surface area contributed by atoms with Crippen molar-refractivity contribution in [1.82, 2.24) is 4.57 Å². The van der Waals surface area contributed by atoms with E-state index in [4.69, 9.17) is 4.74 Å². The van der Waals surface area contributed by atoms with Crippen LogP contribution in [0.4, 0.5) is 5.69 Å². The molecule has 3 rings (SSSR count). The number of hydrogen-bond acceptors (Lipinski definition) is 5. The fourth-order valence-electron chi connectivity index (χ4n) is 3.35. The van der Waals surface area contributed by atoms with Gasteiger partial charge in [0.15, 0.2) is 0 Å². The van der Waals surface area contributed by atoms with Crippen LogP contribution in [0, 0.1) is 13.8 Å². The summed E-state index contributed by atoms with van der Waals surface area (Å²) in [5, 5.41) is 0.560. The van der Waals surface area contributed by atoms with E-state index in [0.717, 1.165) is 21.7 Å². The molecule has 0 spiro atoms. The van der Waals surface area contributed by atoms with Gasteiger partial charge in [-0.1, -0.05) is 24.3 Å². The third-order valence-corrected chi connectivity index (χ3v) is 5.70. The van der Waals surface area contributed by atoms with Crippen LogP contribution in [0.15, 0.2) is 48.7 Å². The maximum Gasteiger partial charge on any atom is 0.340 e. The van der Waals surface area contributed by atoms with E-state index < -0.39 is 28.4 Å². The molecule has 8 heteroatoms. The lowest BCUT2D eigenvalue weighted by Gasteiger charge is -2.23. The number of para-hydroxylation sites is 1. The molecule has 2 aromatic carbocycles. The number of aryl methyl sites for hydroxylation is 2. The number of fused-ring (bicyclic) bond motifs is 1. The average Bonchev–Trinajstić information content (AvgIpc) is 3.03. The summed E-state index contributed by atoms with van der Waals surface area (Å²) in [5.41, 5.74) is 2.95. The van der Waals surface area contributed by atoms with Gasteiger partial charge in [0.05, 0.1) is 30.1 Å². The minimum Gasteiger partial charge on any atom is -0.465 e. The van der Waals surface area contributed by atoms with Gasteiger partial charge in [0, 0.05) is 11.6 Å². The highest BCUT2D eigenvalue weighted by Gasteiger charge is 2.24. The molecule has 0 amide bonds. The van der Waals surface area contributed by atoms with Crippen LogP contribution >= 0.6 is 0 Å². The van der Waals surface area contributed by atoms with E-state index in [0.29, 0.717) is 16.6 Å². The van der Waals surface area contributed by atoms with Crippen molar-refractivity contribution in [2.45, 2.75) is 13.8 Å². The summed E-state index contributed by atoms with van der Waals surface area (Å²) >= 11 is 0. The largest absolute Gasteiger partial charge is 0.465 e. The molecule has 7 nitrogen and oxygen atoms in total. The molecule has 0 fully saturated rings. The molecule has 29 heavy (non-hydrogen) atoms. The van der Waals surface area contributed by atoms with Crippen molar-refractivity contribution in [3.05, 3.63) is 65.4 Å². The molecule has 0 aliphatic heterocycles. The number of rotatable bonds is 5. The van der Waals surface area contributed by atoms with E-state index in [1.165, 1.54) is 17.9 Å². The number of methoxy groups -OCH3 is 1. The molecule has 0 aliphatic carbocycles. The average molecular weight is 414 g/mol. The molecule has 0 saturated heterocycles. The minimum atomic E-state index is -3.71. The highest BCUT2D eigenvalue weighted by Crippen LogP contribution is 2.24. The van der Waals surface area contributed by atoms with E-state index >= 15 is 0 Å². The second kappa shape index (κ2) is 7.71. The van der Waals surface area contributed by atoms with Gasteiger partial charge in [-0.05, 0) is 43.2 Å². The van der Waals surface area contributed by atoms with Crippen molar-refractivity contribution in [2.24, 2.45) is 0 Å². The standard InChI is InChI=1S/C21H22N2O5S/c1-14-9-15(2)11-16(10-14)23(29(4,26)27)13-20(24)22-12-18(21(25)28-3)17-7-5-6-8-19(17)22/h5-12H,13H2,1-4H3. The van der Waals surface area contributed by atoms with Gasteiger partial charge in [0.1, 0.15) is 6.54 Å². The molecule has 0 aliphatic rings. The van der Waals surface area contributed by atoms with Gasteiger partial charge < -0.3 is 4.74 Å². The zero-order valence-electron chi connectivity index (χ0n) is 16.7. The maximum absolute atomic E-state index is 13.1. The predicted octanol–water partition coefficient (Wildman–Crippen LogP) is 3.15. The van der Waals surface area contributed by atoms with Crippen molar-refractivity contribution >= 4 is 38.5 Å². The number of esters is 1. The molecule has 3 aromatic rings. The number of carbonyl (C=O) groups excluding carboxylic acids is 2. The monoisotopic (exact) mass is 414 g/mol. The summed E-state index contributed by atoms with van der Waals surface area (Å²) in [6.45, 7) is 3.32. The predicted molar refractivity (Wildman–Crippen MR) is 112 cm³/mol. The first-order valence-corrected chi connectivity index (χ1v) is 10.7. The van der Waals surface area contributed by atoms with Gasteiger partial charge >= 0.3 is 5.97 Å². The van der Waals surface area contributed by atoms with Crippen LogP contribution in [0.2, 0.25) is 0 Å². The van der Waals surface area contributed by atoms with Crippen LogP contribution in [0.25, 0.3) is 10.9 Å². The third kappa shape index (κ3) is 4.17. The van der Waals surface area contributed by atoms with E-state index in [1.54, 1.807) is 36.4 Å². The molecule has 0 radical (unpaired) electrons. The second-order valence-corrected chi connectivity index (χ2v) is 8.84. The molecule has 0 bridgehead atoms. The van der Waals surface area contributed by atoms with Gasteiger partial charge in [-0.15, -0.1) is 0 Å². The van der Waals surface area contributed by atoms with E-state index in [1.807, 2.05) is 19.9 Å². The van der Waals surface area contributed by atoms with E-state index in [2.05, 4.69) is 0 Å². The summed E-state index contributed by atoms with van der Waals surface area (Å²) in [6, 6.07) is 12.3. The lowest BCUT2D eigenvalue weighted by atomic mass is 10.1. The summed E-state index contributed by atoms with van der Waals surface area (Å²) < 4.78 is 32.0. The molecular formula is C21H22N2O5S. The van der Waals surface area contributed by atoms with Gasteiger partial charge in [-0.2, -0.15) is 0 Å². The number of benzene rings is 2. The number of aromatic nitrogens is 1. The molecule has 0 atom stereocenters. The molecule has 0 saturated carbocycles. The SMILES string of the molecule is COC(=O)c1cn(C(=O)CN(c2cc(C)cc(C)c2)S(C)(=O)=O)c2ccccc12. The number of hydrogen-bond donors (Lipinski definition) is 0. The Labute approximate surface area is 169 Å². The van der Waals surface area contributed by atoms with E-state index in [-0.39, 0.29) is 5.56 Å².